The quantitative estimate of drug-likeness (QED) is 0.373. The van der Waals surface area contributed by atoms with Crippen LogP contribution in [-0.2, 0) is 17.7 Å². The van der Waals surface area contributed by atoms with Gasteiger partial charge in [0.1, 0.15) is 28.3 Å². The Morgan fingerprint density at radius 3 is 2.82 bits per heavy atom. The second-order valence-corrected chi connectivity index (χ2v) is 12.7. The summed E-state index contributed by atoms with van der Waals surface area (Å²) in [6.07, 6.45) is 4.30. The van der Waals surface area contributed by atoms with Crippen LogP contribution in [0.25, 0.3) is 10.2 Å². The Hall–Kier alpha value is -2.91. The number of carbonyl (C=O) groups is 1. The lowest BCUT2D eigenvalue weighted by molar-refractivity contribution is 0.0116. The molecule has 2 aliphatic heterocycles. The highest BCUT2D eigenvalue weighted by atomic mass is 32.1. The van der Waals surface area contributed by atoms with Crippen LogP contribution in [0.4, 0.5) is 10.6 Å². The minimum Gasteiger partial charge on any atom is -0.494 e. The lowest BCUT2D eigenvalue weighted by Crippen LogP contribution is -2.56. The zero-order chi connectivity index (χ0) is 26.8. The van der Waals surface area contributed by atoms with E-state index >= 15 is 0 Å². The Bertz CT molecular complexity index is 1260. The number of anilines is 1. The third kappa shape index (κ3) is 6.38. The summed E-state index contributed by atoms with van der Waals surface area (Å²) in [6, 6.07) is 10.6. The summed E-state index contributed by atoms with van der Waals surface area (Å²) in [6.45, 7) is 14.1. The first-order valence-corrected chi connectivity index (χ1v) is 14.4. The largest absolute Gasteiger partial charge is 0.494 e. The number of nitrogens with zero attached hydrogens (tertiary/aromatic N) is 4. The fraction of sp³-hybridized carbons (Fsp3) is 0.552. The highest BCUT2D eigenvalue weighted by Gasteiger charge is 2.47. The van der Waals surface area contributed by atoms with Gasteiger partial charge in [-0.15, -0.1) is 11.3 Å². The standard InChI is InChI=1S/C29H39N5O3S/c1-5-23-15-24-25(31-20-32-26(24)38-23)34-12-10-29(19-34)17-33(18-29)16-21-8-6-9-22(14-21)36-13-7-11-30-27(35)37-28(2,3)4/h6,8-9,14-15,20H,5,7,10-13,16-19H2,1-4H3,(H,30,35). The van der Waals surface area contributed by atoms with Gasteiger partial charge >= 0.3 is 6.09 Å². The van der Waals surface area contributed by atoms with Crippen LogP contribution >= 0.6 is 11.3 Å². The molecule has 0 bridgehead atoms. The van der Waals surface area contributed by atoms with Gasteiger partial charge in [-0.05, 0) is 63.8 Å². The average molecular weight is 538 g/mol. The predicted molar refractivity (Wildman–Crippen MR) is 152 cm³/mol. The Kier molecular flexibility index (Phi) is 7.77. The molecule has 2 fully saturated rings. The number of hydrogen-bond acceptors (Lipinski definition) is 8. The van der Waals surface area contributed by atoms with Gasteiger partial charge in [0.05, 0.1) is 12.0 Å². The summed E-state index contributed by atoms with van der Waals surface area (Å²) in [5.41, 5.74) is 1.14. The number of amides is 1. The molecular weight excluding hydrogens is 498 g/mol. The van der Waals surface area contributed by atoms with E-state index in [2.05, 4.69) is 56.3 Å². The monoisotopic (exact) mass is 537 g/mol. The predicted octanol–water partition coefficient (Wildman–Crippen LogP) is 5.26. The van der Waals surface area contributed by atoms with Crippen molar-refractivity contribution in [1.29, 1.82) is 0 Å². The van der Waals surface area contributed by atoms with Gasteiger partial charge in [-0.1, -0.05) is 19.1 Å². The van der Waals surface area contributed by atoms with Crippen molar-refractivity contribution in [3.8, 4) is 5.75 Å². The molecule has 2 aliphatic rings. The Morgan fingerprint density at radius 2 is 2.03 bits per heavy atom. The summed E-state index contributed by atoms with van der Waals surface area (Å²) < 4.78 is 11.2. The molecule has 0 aliphatic carbocycles. The third-order valence-corrected chi connectivity index (χ3v) is 8.31. The number of nitrogens with one attached hydrogen (secondary N) is 1. The number of carbonyl (C=O) groups excluding carboxylic acids is 1. The summed E-state index contributed by atoms with van der Waals surface area (Å²) in [4.78, 5) is 28.4. The van der Waals surface area contributed by atoms with Gasteiger partial charge in [0, 0.05) is 49.6 Å². The number of fused-ring (bicyclic) bond motifs is 1. The highest BCUT2D eigenvalue weighted by molar-refractivity contribution is 7.18. The van der Waals surface area contributed by atoms with Gasteiger partial charge in [0.2, 0.25) is 0 Å². The maximum Gasteiger partial charge on any atom is 0.407 e. The van der Waals surface area contributed by atoms with Gasteiger partial charge in [0.25, 0.3) is 0 Å². The molecule has 0 radical (unpaired) electrons. The lowest BCUT2D eigenvalue weighted by atomic mass is 9.79. The maximum atomic E-state index is 11.7. The van der Waals surface area contributed by atoms with Crippen LogP contribution in [0.3, 0.4) is 0 Å². The van der Waals surface area contributed by atoms with Crippen molar-refractivity contribution in [2.24, 2.45) is 5.41 Å². The van der Waals surface area contributed by atoms with Gasteiger partial charge < -0.3 is 19.7 Å². The van der Waals surface area contributed by atoms with Crippen LogP contribution in [0, 0.1) is 5.41 Å². The maximum absolute atomic E-state index is 11.7. The minimum atomic E-state index is -0.485. The molecule has 5 rings (SSSR count). The zero-order valence-electron chi connectivity index (χ0n) is 23.0. The van der Waals surface area contributed by atoms with E-state index in [-0.39, 0.29) is 6.09 Å². The Labute approximate surface area is 229 Å². The van der Waals surface area contributed by atoms with E-state index < -0.39 is 5.60 Å². The number of aryl methyl sites for hydroxylation is 1. The van der Waals surface area contributed by atoms with Crippen LogP contribution in [-0.4, -0.2) is 65.9 Å². The van der Waals surface area contributed by atoms with E-state index in [1.165, 1.54) is 22.2 Å². The number of aromatic nitrogens is 2. The molecule has 0 unspecified atom stereocenters. The molecular formula is C29H39N5O3S. The highest BCUT2D eigenvalue weighted by Crippen LogP contribution is 2.43. The number of rotatable bonds is 9. The van der Waals surface area contributed by atoms with Crippen molar-refractivity contribution in [3.63, 3.8) is 0 Å². The summed E-state index contributed by atoms with van der Waals surface area (Å²) in [5, 5.41) is 3.98. The van der Waals surface area contributed by atoms with Gasteiger partial charge in [-0.2, -0.15) is 0 Å². The number of alkyl carbamates (subject to hydrolysis) is 1. The fourth-order valence-corrected chi connectivity index (χ4v) is 6.40. The van der Waals surface area contributed by atoms with Crippen LogP contribution in [0.2, 0.25) is 0 Å². The SMILES string of the molecule is CCc1cc2c(N3CCC4(CN(Cc5cccc(OCCCNC(=O)OC(C)(C)C)c5)C4)C3)ncnc2s1. The number of benzene rings is 1. The molecule has 0 saturated carbocycles. The molecule has 1 amide bonds. The van der Waals surface area contributed by atoms with E-state index in [9.17, 15) is 4.79 Å². The van der Waals surface area contributed by atoms with Gasteiger partial charge in [-0.3, -0.25) is 4.90 Å². The van der Waals surface area contributed by atoms with Crippen LogP contribution in [0.15, 0.2) is 36.7 Å². The molecule has 38 heavy (non-hydrogen) atoms. The van der Waals surface area contributed by atoms with Gasteiger partial charge in [-0.25, -0.2) is 14.8 Å². The van der Waals surface area contributed by atoms with Crippen molar-refractivity contribution in [2.45, 2.75) is 59.1 Å². The fourth-order valence-electron chi connectivity index (χ4n) is 5.47. The Morgan fingerprint density at radius 1 is 1.18 bits per heavy atom. The van der Waals surface area contributed by atoms with E-state index in [1.807, 2.05) is 26.8 Å². The van der Waals surface area contributed by atoms with Crippen LogP contribution < -0.4 is 15.0 Å². The molecule has 204 valence electrons. The van der Waals surface area contributed by atoms with Crippen molar-refractivity contribution in [3.05, 3.63) is 47.1 Å². The van der Waals surface area contributed by atoms with E-state index in [0.29, 0.717) is 18.6 Å². The van der Waals surface area contributed by atoms with Crippen LogP contribution in [0.5, 0.6) is 5.75 Å². The summed E-state index contributed by atoms with van der Waals surface area (Å²) in [7, 11) is 0. The van der Waals surface area contributed by atoms with E-state index in [0.717, 1.165) is 62.0 Å². The molecule has 2 saturated heterocycles. The molecule has 1 spiro atoms. The second kappa shape index (κ2) is 11.1. The molecule has 8 nitrogen and oxygen atoms in total. The minimum absolute atomic E-state index is 0.357. The molecule has 4 heterocycles. The first-order valence-electron chi connectivity index (χ1n) is 13.6. The van der Waals surface area contributed by atoms with E-state index in [4.69, 9.17) is 9.47 Å². The van der Waals surface area contributed by atoms with Crippen LogP contribution in [0.1, 0.15) is 51.0 Å². The number of ether oxygens (including phenoxy) is 2. The smallest absolute Gasteiger partial charge is 0.407 e. The summed E-state index contributed by atoms with van der Waals surface area (Å²) in [5.74, 6) is 1.98. The Balaban J connectivity index is 1.07. The van der Waals surface area contributed by atoms with Crippen molar-refractivity contribution in [1.82, 2.24) is 20.2 Å². The number of likely N-dealkylation sites (tertiary alicyclic amines) is 1. The summed E-state index contributed by atoms with van der Waals surface area (Å²) >= 11 is 1.78. The van der Waals surface area contributed by atoms with Crippen molar-refractivity contribution < 1.29 is 14.3 Å². The average Bonchev–Trinajstić information content (AvgIpc) is 3.47. The second-order valence-electron chi connectivity index (χ2n) is 11.6. The van der Waals surface area contributed by atoms with Crippen molar-refractivity contribution >= 4 is 33.5 Å². The topological polar surface area (TPSA) is 79.8 Å². The van der Waals surface area contributed by atoms with E-state index in [1.54, 1.807) is 17.7 Å². The molecule has 3 aromatic rings. The first kappa shape index (κ1) is 26.7. The molecule has 0 atom stereocenters. The number of thiophene rings is 1. The lowest BCUT2D eigenvalue weighted by Gasteiger charge is -2.48. The zero-order valence-corrected chi connectivity index (χ0v) is 23.8. The normalized spacial score (nSPS) is 17.1. The number of hydrogen-bond donors (Lipinski definition) is 1. The molecule has 9 heteroatoms. The third-order valence-electron chi connectivity index (χ3n) is 7.13. The molecule has 1 aromatic carbocycles. The molecule has 1 N–H and O–H groups in total. The molecule has 2 aromatic heterocycles. The first-order chi connectivity index (χ1) is 18.2. The van der Waals surface area contributed by atoms with Gasteiger partial charge in [0.15, 0.2) is 0 Å². The van der Waals surface area contributed by atoms with Crippen molar-refractivity contribution in [2.75, 3.05) is 44.2 Å².